The van der Waals surface area contributed by atoms with Crippen LogP contribution >= 0.6 is 0 Å². The Labute approximate surface area is 141 Å². The van der Waals surface area contributed by atoms with Crippen molar-refractivity contribution in [3.63, 3.8) is 0 Å². The SMILES string of the molecule is Cc1ccc(N2CCC[C@@H](NC(=O)c3ccoc3C3CC3)C2)nn1. The molecule has 2 fully saturated rings. The maximum absolute atomic E-state index is 12.6. The van der Waals surface area contributed by atoms with Gasteiger partial charge in [0.15, 0.2) is 5.82 Å². The van der Waals surface area contributed by atoms with Crippen molar-refractivity contribution in [1.29, 1.82) is 0 Å². The van der Waals surface area contributed by atoms with E-state index < -0.39 is 0 Å². The standard InChI is InChI=1S/C18H22N4O2/c1-12-4-7-16(21-20-12)22-9-2-3-14(11-22)19-18(23)15-8-10-24-17(15)13-5-6-13/h4,7-8,10,13-14H,2-3,5-6,9,11H2,1H3,(H,19,23)/t14-/m1/s1. The molecule has 1 aliphatic heterocycles. The van der Waals surface area contributed by atoms with Crippen molar-refractivity contribution in [3.05, 3.63) is 41.5 Å². The van der Waals surface area contributed by atoms with Crippen molar-refractivity contribution >= 4 is 11.7 Å². The molecule has 1 N–H and O–H groups in total. The Morgan fingerprint density at radius 2 is 2.12 bits per heavy atom. The van der Waals surface area contributed by atoms with Gasteiger partial charge >= 0.3 is 0 Å². The minimum atomic E-state index is -0.0208. The monoisotopic (exact) mass is 326 g/mol. The van der Waals surface area contributed by atoms with E-state index in [1.807, 2.05) is 19.1 Å². The molecule has 3 heterocycles. The van der Waals surface area contributed by atoms with Crippen LogP contribution in [0.3, 0.4) is 0 Å². The first-order valence-corrected chi connectivity index (χ1v) is 8.64. The van der Waals surface area contributed by atoms with Gasteiger partial charge in [0.25, 0.3) is 5.91 Å². The van der Waals surface area contributed by atoms with Gasteiger partial charge in [0, 0.05) is 25.0 Å². The lowest BCUT2D eigenvalue weighted by Crippen LogP contribution is -2.48. The summed E-state index contributed by atoms with van der Waals surface area (Å²) >= 11 is 0. The van der Waals surface area contributed by atoms with Gasteiger partial charge in [0.1, 0.15) is 5.76 Å². The smallest absolute Gasteiger partial charge is 0.255 e. The van der Waals surface area contributed by atoms with Crippen molar-refractivity contribution < 1.29 is 9.21 Å². The Morgan fingerprint density at radius 3 is 2.88 bits per heavy atom. The Bertz CT molecular complexity index is 721. The molecule has 2 aromatic heterocycles. The fourth-order valence-corrected chi connectivity index (χ4v) is 3.30. The molecule has 24 heavy (non-hydrogen) atoms. The number of nitrogens with one attached hydrogen (secondary N) is 1. The van der Waals surface area contributed by atoms with Crippen molar-refractivity contribution in [2.45, 2.75) is 44.6 Å². The average Bonchev–Trinajstić information content (AvgIpc) is 3.32. The number of furan rings is 1. The van der Waals surface area contributed by atoms with E-state index in [0.717, 1.165) is 56.0 Å². The zero-order chi connectivity index (χ0) is 16.5. The maximum Gasteiger partial charge on any atom is 0.255 e. The summed E-state index contributed by atoms with van der Waals surface area (Å²) in [6.45, 7) is 3.64. The van der Waals surface area contributed by atoms with E-state index in [9.17, 15) is 4.79 Å². The second kappa shape index (κ2) is 6.26. The second-order valence-electron chi connectivity index (χ2n) is 6.76. The Kier molecular flexibility index (Phi) is 3.96. The quantitative estimate of drug-likeness (QED) is 0.935. The summed E-state index contributed by atoms with van der Waals surface area (Å²) in [5.74, 6) is 2.14. The molecule has 2 aromatic rings. The Hall–Kier alpha value is -2.37. The van der Waals surface area contributed by atoms with Crippen LogP contribution in [0.2, 0.25) is 0 Å². The third kappa shape index (κ3) is 3.13. The number of aromatic nitrogens is 2. The molecule has 0 bridgehead atoms. The molecule has 1 saturated heterocycles. The molecule has 0 unspecified atom stereocenters. The van der Waals surface area contributed by atoms with Gasteiger partial charge in [-0.1, -0.05) is 0 Å². The Morgan fingerprint density at radius 1 is 1.25 bits per heavy atom. The summed E-state index contributed by atoms with van der Waals surface area (Å²) in [4.78, 5) is 14.8. The molecule has 6 heteroatoms. The third-order valence-electron chi connectivity index (χ3n) is 4.75. The largest absolute Gasteiger partial charge is 0.468 e. The molecule has 6 nitrogen and oxygen atoms in total. The van der Waals surface area contributed by atoms with Gasteiger partial charge < -0.3 is 14.6 Å². The molecule has 1 amide bonds. The lowest BCUT2D eigenvalue weighted by atomic mass is 10.0. The fraction of sp³-hybridized carbons (Fsp3) is 0.500. The Balaban J connectivity index is 1.41. The van der Waals surface area contributed by atoms with E-state index >= 15 is 0 Å². The summed E-state index contributed by atoms with van der Waals surface area (Å²) in [5, 5.41) is 11.6. The van der Waals surface area contributed by atoms with Gasteiger partial charge in [-0.05, 0) is 50.8 Å². The first-order chi connectivity index (χ1) is 11.7. The number of rotatable bonds is 4. The molecule has 0 spiro atoms. The predicted molar refractivity (Wildman–Crippen MR) is 90.2 cm³/mol. The summed E-state index contributed by atoms with van der Waals surface area (Å²) in [5.41, 5.74) is 1.61. The lowest BCUT2D eigenvalue weighted by molar-refractivity contribution is 0.0931. The minimum absolute atomic E-state index is 0.0208. The van der Waals surface area contributed by atoms with Gasteiger partial charge in [0.2, 0.25) is 0 Å². The van der Waals surface area contributed by atoms with Crippen LogP contribution in [0, 0.1) is 6.92 Å². The highest BCUT2D eigenvalue weighted by molar-refractivity contribution is 5.95. The summed E-state index contributed by atoms with van der Waals surface area (Å²) in [6.07, 6.45) is 5.88. The van der Waals surface area contributed by atoms with E-state index in [-0.39, 0.29) is 11.9 Å². The summed E-state index contributed by atoms with van der Waals surface area (Å²) in [7, 11) is 0. The minimum Gasteiger partial charge on any atom is -0.468 e. The first kappa shape index (κ1) is 15.2. The summed E-state index contributed by atoms with van der Waals surface area (Å²) in [6, 6.07) is 5.87. The van der Waals surface area contributed by atoms with Gasteiger partial charge in [-0.2, -0.15) is 5.10 Å². The maximum atomic E-state index is 12.6. The molecule has 1 aliphatic carbocycles. The summed E-state index contributed by atoms with van der Waals surface area (Å²) < 4.78 is 5.51. The highest BCUT2D eigenvalue weighted by Crippen LogP contribution is 2.42. The highest BCUT2D eigenvalue weighted by Gasteiger charge is 2.32. The average molecular weight is 326 g/mol. The van der Waals surface area contributed by atoms with E-state index in [4.69, 9.17) is 4.42 Å². The first-order valence-electron chi connectivity index (χ1n) is 8.64. The van der Waals surface area contributed by atoms with Gasteiger partial charge in [-0.15, -0.1) is 5.10 Å². The molecule has 1 atom stereocenters. The number of nitrogens with zero attached hydrogens (tertiary/aromatic N) is 3. The van der Waals surface area contributed by atoms with Gasteiger partial charge in [0.05, 0.1) is 17.5 Å². The van der Waals surface area contributed by atoms with Crippen LogP contribution in [0.1, 0.15) is 53.4 Å². The zero-order valence-corrected chi connectivity index (χ0v) is 13.9. The van der Waals surface area contributed by atoms with E-state index in [0.29, 0.717) is 11.5 Å². The highest BCUT2D eigenvalue weighted by atomic mass is 16.3. The molecular weight excluding hydrogens is 304 g/mol. The van der Waals surface area contributed by atoms with Crippen molar-refractivity contribution in [1.82, 2.24) is 15.5 Å². The fourth-order valence-electron chi connectivity index (χ4n) is 3.30. The second-order valence-corrected chi connectivity index (χ2v) is 6.76. The number of carbonyl (C=O) groups excluding carboxylic acids is 1. The van der Waals surface area contributed by atoms with E-state index in [2.05, 4.69) is 20.4 Å². The van der Waals surface area contributed by atoms with Crippen molar-refractivity contribution in [3.8, 4) is 0 Å². The number of hydrogen-bond donors (Lipinski definition) is 1. The number of amides is 1. The molecular formula is C18H22N4O2. The van der Waals surface area contributed by atoms with E-state index in [1.165, 1.54) is 0 Å². The number of carbonyl (C=O) groups is 1. The van der Waals surface area contributed by atoms with Crippen LogP contribution in [0.4, 0.5) is 5.82 Å². The van der Waals surface area contributed by atoms with Crippen LogP contribution in [0.15, 0.2) is 28.9 Å². The van der Waals surface area contributed by atoms with Crippen LogP contribution in [0.25, 0.3) is 0 Å². The lowest BCUT2D eigenvalue weighted by Gasteiger charge is -2.33. The number of aryl methyl sites for hydroxylation is 1. The molecule has 4 rings (SSSR count). The van der Waals surface area contributed by atoms with Gasteiger partial charge in [-0.3, -0.25) is 4.79 Å². The molecule has 126 valence electrons. The van der Waals surface area contributed by atoms with Crippen LogP contribution in [-0.2, 0) is 0 Å². The van der Waals surface area contributed by atoms with Crippen LogP contribution in [-0.4, -0.2) is 35.2 Å². The number of anilines is 1. The van der Waals surface area contributed by atoms with Crippen molar-refractivity contribution in [2.24, 2.45) is 0 Å². The van der Waals surface area contributed by atoms with Crippen LogP contribution < -0.4 is 10.2 Å². The third-order valence-corrected chi connectivity index (χ3v) is 4.75. The van der Waals surface area contributed by atoms with E-state index in [1.54, 1.807) is 12.3 Å². The zero-order valence-electron chi connectivity index (χ0n) is 13.9. The van der Waals surface area contributed by atoms with Gasteiger partial charge in [-0.25, -0.2) is 0 Å². The number of piperidine rings is 1. The normalized spacial score (nSPS) is 20.9. The molecule has 2 aliphatic rings. The topological polar surface area (TPSA) is 71.3 Å². The number of hydrogen-bond acceptors (Lipinski definition) is 5. The molecule has 0 aromatic carbocycles. The molecule has 1 saturated carbocycles. The predicted octanol–water partition coefficient (Wildman–Crippen LogP) is 2.65. The van der Waals surface area contributed by atoms with Crippen LogP contribution in [0.5, 0.6) is 0 Å². The molecule has 0 radical (unpaired) electrons. The van der Waals surface area contributed by atoms with Crippen molar-refractivity contribution in [2.75, 3.05) is 18.0 Å².